The number of hydrogen-bond donors (Lipinski definition) is 2. The second kappa shape index (κ2) is 7.68. The summed E-state index contributed by atoms with van der Waals surface area (Å²) < 4.78 is 11.7. The third kappa shape index (κ3) is 4.07. The molecule has 1 unspecified atom stereocenters. The summed E-state index contributed by atoms with van der Waals surface area (Å²) in [6.07, 6.45) is 0. The Kier molecular flexibility index (Phi) is 5.85. The fourth-order valence-corrected chi connectivity index (χ4v) is 2.48. The molecule has 1 atom stereocenters. The number of methoxy groups -OCH3 is 1. The first-order chi connectivity index (χ1) is 11.4. The molecule has 3 N–H and O–H groups in total. The van der Waals surface area contributed by atoms with Crippen LogP contribution >= 0.6 is 15.9 Å². The van der Waals surface area contributed by atoms with Gasteiger partial charge in [0.15, 0.2) is 11.5 Å². The number of anilines is 1. The molecule has 128 valence electrons. The van der Waals surface area contributed by atoms with Gasteiger partial charge in [-0.1, -0.05) is 28.1 Å². The topological polar surface area (TPSA) is 73.6 Å². The van der Waals surface area contributed by atoms with E-state index in [0.717, 1.165) is 10.0 Å². The van der Waals surface area contributed by atoms with Crippen molar-refractivity contribution in [1.82, 2.24) is 0 Å². The van der Waals surface area contributed by atoms with Gasteiger partial charge in [-0.3, -0.25) is 4.79 Å². The minimum Gasteiger partial charge on any atom is -0.493 e. The van der Waals surface area contributed by atoms with E-state index in [1.807, 2.05) is 31.2 Å². The normalized spacial score (nSPS) is 13.0. The third-order valence-corrected chi connectivity index (χ3v) is 4.17. The predicted molar refractivity (Wildman–Crippen MR) is 98.5 cm³/mol. The summed E-state index contributed by atoms with van der Waals surface area (Å²) in [5.41, 5.74) is 6.41. The van der Waals surface area contributed by atoms with Crippen molar-refractivity contribution >= 4 is 27.5 Å². The molecule has 2 aromatic rings. The number of amides is 1. The van der Waals surface area contributed by atoms with Crippen molar-refractivity contribution in [3.8, 4) is 11.5 Å². The van der Waals surface area contributed by atoms with Gasteiger partial charge in [0.05, 0.1) is 13.7 Å². The lowest BCUT2D eigenvalue weighted by atomic mass is 9.92. The molecule has 24 heavy (non-hydrogen) atoms. The molecule has 0 bridgehead atoms. The van der Waals surface area contributed by atoms with Crippen molar-refractivity contribution in [3.63, 3.8) is 0 Å². The first-order valence-electron chi connectivity index (χ1n) is 7.55. The minimum absolute atomic E-state index is 0.308. The Morgan fingerprint density at radius 1 is 1.21 bits per heavy atom. The van der Waals surface area contributed by atoms with Crippen molar-refractivity contribution < 1.29 is 14.3 Å². The van der Waals surface area contributed by atoms with Crippen molar-refractivity contribution in [2.75, 3.05) is 19.0 Å². The second-order valence-corrected chi connectivity index (χ2v) is 6.38. The van der Waals surface area contributed by atoms with Crippen LogP contribution in [0.3, 0.4) is 0 Å². The average molecular weight is 393 g/mol. The van der Waals surface area contributed by atoms with Crippen LogP contribution in [0.15, 0.2) is 46.9 Å². The third-order valence-electron chi connectivity index (χ3n) is 3.64. The van der Waals surface area contributed by atoms with Gasteiger partial charge >= 0.3 is 0 Å². The molecule has 0 aliphatic carbocycles. The molecule has 1 amide bonds. The molecule has 2 rings (SSSR count). The van der Waals surface area contributed by atoms with E-state index in [-0.39, 0.29) is 5.91 Å². The molecule has 5 nitrogen and oxygen atoms in total. The van der Waals surface area contributed by atoms with Crippen LogP contribution in [-0.4, -0.2) is 19.6 Å². The zero-order valence-corrected chi connectivity index (χ0v) is 15.5. The van der Waals surface area contributed by atoms with Gasteiger partial charge in [0.25, 0.3) is 0 Å². The van der Waals surface area contributed by atoms with Crippen LogP contribution in [0.25, 0.3) is 0 Å². The van der Waals surface area contributed by atoms with Gasteiger partial charge in [-0.15, -0.1) is 0 Å². The van der Waals surface area contributed by atoms with Crippen LogP contribution in [-0.2, 0) is 10.3 Å². The number of ether oxygens (including phenoxy) is 2. The first-order valence-corrected chi connectivity index (χ1v) is 8.35. The summed E-state index contributed by atoms with van der Waals surface area (Å²) in [6, 6.07) is 12.6. The van der Waals surface area contributed by atoms with E-state index in [2.05, 4.69) is 21.2 Å². The average Bonchev–Trinajstić information content (AvgIpc) is 2.56. The van der Waals surface area contributed by atoms with Crippen molar-refractivity contribution in [1.29, 1.82) is 0 Å². The van der Waals surface area contributed by atoms with E-state index in [1.165, 1.54) is 0 Å². The van der Waals surface area contributed by atoms with Crippen LogP contribution in [0.2, 0.25) is 0 Å². The largest absolute Gasteiger partial charge is 0.493 e. The summed E-state index contributed by atoms with van der Waals surface area (Å²) in [7, 11) is 1.57. The zero-order valence-electron chi connectivity index (χ0n) is 13.9. The predicted octanol–water partition coefficient (Wildman–Crippen LogP) is 3.67. The summed E-state index contributed by atoms with van der Waals surface area (Å²) in [5.74, 6) is 0.871. The maximum atomic E-state index is 12.6. The Morgan fingerprint density at radius 2 is 1.88 bits per heavy atom. The smallest absolute Gasteiger partial charge is 0.248 e. The standard InChI is InChI=1S/C18H21BrN2O3/c1-4-24-16-11-14(9-10-15(16)23-3)21-17(22)18(2,20)12-5-7-13(19)8-6-12/h5-11H,4,20H2,1-3H3,(H,21,22). The lowest BCUT2D eigenvalue weighted by Crippen LogP contribution is -2.45. The van der Waals surface area contributed by atoms with Crippen LogP contribution in [0, 0.1) is 0 Å². The van der Waals surface area contributed by atoms with Gasteiger partial charge < -0.3 is 20.5 Å². The zero-order chi connectivity index (χ0) is 17.7. The molecule has 0 heterocycles. The lowest BCUT2D eigenvalue weighted by molar-refractivity contribution is -0.120. The lowest BCUT2D eigenvalue weighted by Gasteiger charge is -2.24. The Balaban J connectivity index is 2.22. The molecular formula is C18H21BrN2O3. The highest BCUT2D eigenvalue weighted by Crippen LogP contribution is 2.31. The molecular weight excluding hydrogens is 372 g/mol. The number of carbonyl (C=O) groups excluding carboxylic acids is 1. The molecule has 0 spiro atoms. The van der Waals surface area contributed by atoms with Gasteiger partial charge in [0.1, 0.15) is 5.54 Å². The number of nitrogens with one attached hydrogen (secondary N) is 1. The Hall–Kier alpha value is -2.05. The highest BCUT2D eigenvalue weighted by atomic mass is 79.9. The molecule has 6 heteroatoms. The minimum atomic E-state index is -1.16. The summed E-state index contributed by atoms with van der Waals surface area (Å²) in [4.78, 5) is 12.6. The highest BCUT2D eigenvalue weighted by molar-refractivity contribution is 9.10. The van der Waals surface area contributed by atoms with Crippen LogP contribution in [0.4, 0.5) is 5.69 Å². The molecule has 0 aliphatic heterocycles. The van der Waals surface area contributed by atoms with Crippen LogP contribution < -0.4 is 20.5 Å². The molecule has 0 aliphatic rings. The maximum absolute atomic E-state index is 12.6. The quantitative estimate of drug-likeness (QED) is 0.786. The van der Waals surface area contributed by atoms with Crippen molar-refractivity contribution in [3.05, 3.63) is 52.5 Å². The molecule has 0 saturated heterocycles. The van der Waals surface area contributed by atoms with Crippen molar-refractivity contribution in [2.45, 2.75) is 19.4 Å². The summed E-state index contributed by atoms with van der Waals surface area (Å²) in [6.45, 7) is 4.06. The van der Waals surface area contributed by atoms with E-state index < -0.39 is 5.54 Å². The molecule has 0 radical (unpaired) electrons. The van der Waals surface area contributed by atoms with Gasteiger partial charge in [-0.25, -0.2) is 0 Å². The van der Waals surface area contributed by atoms with E-state index in [4.69, 9.17) is 15.2 Å². The molecule has 2 aromatic carbocycles. The van der Waals surface area contributed by atoms with Gasteiger partial charge in [0.2, 0.25) is 5.91 Å². The fraction of sp³-hybridized carbons (Fsp3) is 0.278. The van der Waals surface area contributed by atoms with E-state index in [1.54, 1.807) is 32.2 Å². The summed E-state index contributed by atoms with van der Waals surface area (Å²) in [5, 5.41) is 2.83. The maximum Gasteiger partial charge on any atom is 0.248 e. The molecule has 0 aromatic heterocycles. The van der Waals surface area contributed by atoms with Gasteiger partial charge in [-0.05, 0) is 43.7 Å². The highest BCUT2D eigenvalue weighted by Gasteiger charge is 2.30. The van der Waals surface area contributed by atoms with Gasteiger partial charge in [0, 0.05) is 16.2 Å². The number of benzene rings is 2. The number of nitrogens with two attached hydrogens (primary N) is 1. The summed E-state index contributed by atoms with van der Waals surface area (Å²) >= 11 is 3.37. The number of halogens is 1. The van der Waals surface area contributed by atoms with E-state index in [0.29, 0.717) is 23.8 Å². The molecule has 0 saturated carbocycles. The Bertz CT molecular complexity index is 715. The van der Waals surface area contributed by atoms with Crippen LogP contribution in [0.5, 0.6) is 11.5 Å². The van der Waals surface area contributed by atoms with Crippen molar-refractivity contribution in [2.24, 2.45) is 5.73 Å². The van der Waals surface area contributed by atoms with E-state index in [9.17, 15) is 4.79 Å². The second-order valence-electron chi connectivity index (χ2n) is 5.46. The van der Waals surface area contributed by atoms with E-state index >= 15 is 0 Å². The Morgan fingerprint density at radius 3 is 2.46 bits per heavy atom. The number of hydrogen-bond acceptors (Lipinski definition) is 4. The van der Waals surface area contributed by atoms with Crippen LogP contribution in [0.1, 0.15) is 19.4 Å². The molecule has 0 fully saturated rings. The first kappa shape index (κ1) is 18.3. The SMILES string of the molecule is CCOc1cc(NC(=O)C(C)(N)c2ccc(Br)cc2)ccc1OC. The fourth-order valence-electron chi connectivity index (χ4n) is 2.21. The monoisotopic (exact) mass is 392 g/mol. The Labute approximate surface area is 150 Å². The number of carbonyl (C=O) groups is 1. The van der Waals surface area contributed by atoms with Gasteiger partial charge in [-0.2, -0.15) is 0 Å². The number of rotatable bonds is 6.